The van der Waals surface area contributed by atoms with E-state index in [0.717, 1.165) is 64.2 Å². The number of allylic oxidation sites excluding steroid dienone is 10. The van der Waals surface area contributed by atoms with Crippen LogP contribution in [-0.2, 0) is 32.7 Å². The Morgan fingerprint density at radius 2 is 1.14 bits per heavy atom. The van der Waals surface area contributed by atoms with Crippen molar-refractivity contribution in [2.24, 2.45) is 5.73 Å². The van der Waals surface area contributed by atoms with Gasteiger partial charge < -0.3 is 20.1 Å². The average Bonchev–Trinajstić information content (AvgIpc) is 3.08. The first-order chi connectivity index (χ1) is 23.8. The largest absolute Gasteiger partial charge is 0.472 e. The van der Waals surface area contributed by atoms with Crippen LogP contribution in [0.15, 0.2) is 60.8 Å². The highest BCUT2D eigenvalue weighted by Crippen LogP contribution is 2.43. The van der Waals surface area contributed by atoms with Gasteiger partial charge in [-0.3, -0.25) is 18.6 Å². The molecular formula is C39H68NO8P. The molecule has 1 unspecified atom stereocenters. The van der Waals surface area contributed by atoms with Gasteiger partial charge in [-0.2, -0.15) is 0 Å². The van der Waals surface area contributed by atoms with Crippen LogP contribution >= 0.6 is 7.82 Å². The molecule has 0 aliphatic carbocycles. The normalized spacial score (nSPS) is 14.1. The van der Waals surface area contributed by atoms with Gasteiger partial charge in [-0.25, -0.2) is 4.57 Å². The third-order valence-corrected chi connectivity index (χ3v) is 8.47. The molecular weight excluding hydrogens is 641 g/mol. The van der Waals surface area contributed by atoms with Gasteiger partial charge >= 0.3 is 19.8 Å². The molecule has 0 radical (unpaired) electrons. The van der Waals surface area contributed by atoms with Crippen molar-refractivity contribution in [2.45, 2.75) is 148 Å². The number of carbonyl (C=O) groups is 2. The molecule has 0 rings (SSSR count). The number of esters is 2. The first kappa shape index (κ1) is 46.7. The molecule has 0 aliphatic rings. The van der Waals surface area contributed by atoms with E-state index in [9.17, 15) is 19.0 Å². The van der Waals surface area contributed by atoms with Gasteiger partial charge in [0.25, 0.3) is 0 Å². The Labute approximate surface area is 298 Å². The lowest BCUT2D eigenvalue weighted by atomic mass is 10.1. The topological polar surface area (TPSA) is 134 Å². The van der Waals surface area contributed by atoms with Crippen LogP contribution in [0.4, 0.5) is 0 Å². The van der Waals surface area contributed by atoms with Crippen molar-refractivity contribution in [3.8, 4) is 0 Å². The number of carbonyl (C=O) groups excluding carboxylic acids is 2. The fourth-order valence-corrected chi connectivity index (χ4v) is 5.46. The summed E-state index contributed by atoms with van der Waals surface area (Å²) in [6.07, 6.45) is 39.6. The molecule has 0 aromatic heterocycles. The summed E-state index contributed by atoms with van der Waals surface area (Å²) in [7, 11) is -4.38. The molecule has 0 aromatic rings. The minimum Gasteiger partial charge on any atom is -0.462 e. The van der Waals surface area contributed by atoms with E-state index < -0.39 is 32.5 Å². The van der Waals surface area contributed by atoms with Gasteiger partial charge in [0.05, 0.1) is 13.2 Å². The Balaban J connectivity index is 4.31. The van der Waals surface area contributed by atoms with Gasteiger partial charge in [0, 0.05) is 19.4 Å². The number of unbranched alkanes of at least 4 members (excludes halogenated alkanes) is 14. The van der Waals surface area contributed by atoms with Gasteiger partial charge in [-0.15, -0.1) is 0 Å². The van der Waals surface area contributed by atoms with Gasteiger partial charge in [0.15, 0.2) is 6.10 Å². The SMILES string of the molecule is CC/C=C/C=C/C=C/C=C/CCCCCCCC(=O)OC[C@H](COP(=O)(O)OCCN)OC(=O)CCCCC/C=C/CCCCCCCC. The van der Waals surface area contributed by atoms with Crippen molar-refractivity contribution < 1.29 is 37.6 Å². The Bertz CT molecular complexity index is 992. The molecule has 0 bridgehead atoms. The Morgan fingerprint density at radius 1 is 0.633 bits per heavy atom. The summed E-state index contributed by atoms with van der Waals surface area (Å²) in [6, 6.07) is 0. The highest BCUT2D eigenvalue weighted by atomic mass is 31.2. The molecule has 0 aromatic carbocycles. The smallest absolute Gasteiger partial charge is 0.462 e. The molecule has 0 amide bonds. The first-order valence-electron chi connectivity index (χ1n) is 18.8. The molecule has 0 spiro atoms. The van der Waals surface area contributed by atoms with E-state index in [-0.39, 0.29) is 32.6 Å². The highest BCUT2D eigenvalue weighted by Gasteiger charge is 2.25. The summed E-state index contributed by atoms with van der Waals surface area (Å²) in [5.41, 5.74) is 5.32. The zero-order valence-corrected chi connectivity index (χ0v) is 31.5. The molecule has 49 heavy (non-hydrogen) atoms. The molecule has 0 saturated carbocycles. The fourth-order valence-electron chi connectivity index (χ4n) is 4.70. The zero-order valence-electron chi connectivity index (χ0n) is 30.7. The van der Waals surface area contributed by atoms with Crippen LogP contribution in [0.5, 0.6) is 0 Å². The Hall–Kier alpha value is -2.29. The van der Waals surface area contributed by atoms with Crippen molar-refractivity contribution in [3.63, 3.8) is 0 Å². The number of phosphoric acid groups is 1. The Morgan fingerprint density at radius 3 is 1.76 bits per heavy atom. The lowest BCUT2D eigenvalue weighted by Gasteiger charge is -2.19. The van der Waals surface area contributed by atoms with Gasteiger partial charge in [0.2, 0.25) is 0 Å². The third-order valence-electron chi connectivity index (χ3n) is 7.48. The third kappa shape index (κ3) is 35.3. The van der Waals surface area contributed by atoms with Crippen molar-refractivity contribution in [2.75, 3.05) is 26.4 Å². The zero-order chi connectivity index (χ0) is 36.1. The van der Waals surface area contributed by atoms with Crippen molar-refractivity contribution in [1.82, 2.24) is 0 Å². The maximum Gasteiger partial charge on any atom is 0.472 e. The predicted molar refractivity (Wildman–Crippen MR) is 201 cm³/mol. The summed E-state index contributed by atoms with van der Waals surface area (Å²) in [5, 5.41) is 0. The molecule has 0 saturated heterocycles. The van der Waals surface area contributed by atoms with E-state index in [2.05, 4.69) is 44.2 Å². The molecule has 10 heteroatoms. The molecule has 282 valence electrons. The van der Waals surface area contributed by atoms with Gasteiger partial charge in [-0.1, -0.05) is 132 Å². The van der Waals surface area contributed by atoms with Crippen LogP contribution in [0.3, 0.4) is 0 Å². The van der Waals surface area contributed by atoms with Crippen molar-refractivity contribution >= 4 is 19.8 Å². The summed E-state index contributed by atoms with van der Waals surface area (Å²) >= 11 is 0. The maximum atomic E-state index is 12.5. The van der Waals surface area contributed by atoms with Crippen molar-refractivity contribution in [3.05, 3.63) is 60.8 Å². The van der Waals surface area contributed by atoms with E-state index in [1.54, 1.807) is 0 Å². The minimum absolute atomic E-state index is 0.0448. The molecule has 0 aliphatic heterocycles. The maximum absolute atomic E-state index is 12.5. The van der Waals surface area contributed by atoms with Crippen LogP contribution < -0.4 is 5.73 Å². The fraction of sp³-hybridized carbons (Fsp3) is 0.692. The van der Waals surface area contributed by atoms with E-state index in [1.165, 1.54) is 38.5 Å². The second kappa shape index (κ2) is 35.5. The quantitative estimate of drug-likeness (QED) is 0.0220. The summed E-state index contributed by atoms with van der Waals surface area (Å²) in [6.45, 7) is 3.51. The number of hydrogen-bond donors (Lipinski definition) is 2. The monoisotopic (exact) mass is 709 g/mol. The second-order valence-corrected chi connectivity index (χ2v) is 13.6. The number of ether oxygens (including phenoxy) is 2. The van der Waals surface area contributed by atoms with Gasteiger partial charge in [0.1, 0.15) is 6.61 Å². The lowest BCUT2D eigenvalue weighted by molar-refractivity contribution is -0.161. The van der Waals surface area contributed by atoms with E-state index in [4.69, 9.17) is 24.3 Å². The minimum atomic E-state index is -4.38. The van der Waals surface area contributed by atoms with Crippen LogP contribution in [0.2, 0.25) is 0 Å². The summed E-state index contributed by atoms with van der Waals surface area (Å²) < 4.78 is 32.6. The number of hydrogen-bond acceptors (Lipinski definition) is 8. The number of nitrogens with two attached hydrogens (primary N) is 1. The van der Waals surface area contributed by atoms with E-state index >= 15 is 0 Å². The van der Waals surface area contributed by atoms with Crippen LogP contribution in [-0.4, -0.2) is 49.3 Å². The van der Waals surface area contributed by atoms with Crippen molar-refractivity contribution in [1.29, 1.82) is 0 Å². The lowest BCUT2D eigenvalue weighted by Crippen LogP contribution is -2.29. The predicted octanol–water partition coefficient (Wildman–Crippen LogP) is 10.2. The van der Waals surface area contributed by atoms with Crippen LogP contribution in [0, 0.1) is 0 Å². The Kier molecular flexibility index (Phi) is 33.9. The highest BCUT2D eigenvalue weighted by molar-refractivity contribution is 7.47. The van der Waals surface area contributed by atoms with E-state index in [1.807, 2.05) is 30.4 Å². The number of rotatable bonds is 34. The summed E-state index contributed by atoms with van der Waals surface area (Å²) in [4.78, 5) is 34.7. The van der Waals surface area contributed by atoms with Gasteiger partial charge in [-0.05, 0) is 57.8 Å². The first-order valence-corrected chi connectivity index (χ1v) is 20.3. The standard InChI is InChI=1S/C39H68NO8P/c1-3-5-7-9-11-13-15-17-18-20-21-23-25-27-29-31-38(41)45-35-37(36-47-49(43,44)46-34-33-40)48-39(42)32-30-28-26-24-22-19-16-14-12-10-8-6-4-2/h5,7,9,11,13,15,17-19,22,37H,3-4,6,8,10,12,14,16,20-21,23-36,40H2,1-2H3,(H,43,44)/b7-5+,11-9+,15-13+,18-17+,22-19+/t37-/m1/s1. The van der Waals surface area contributed by atoms with Crippen LogP contribution in [0.1, 0.15) is 142 Å². The molecule has 9 nitrogen and oxygen atoms in total. The summed E-state index contributed by atoms with van der Waals surface area (Å²) in [5.74, 6) is -0.882. The molecule has 0 fully saturated rings. The second-order valence-electron chi connectivity index (χ2n) is 12.1. The molecule has 2 atom stereocenters. The average molecular weight is 710 g/mol. The van der Waals surface area contributed by atoms with Crippen LogP contribution in [0.25, 0.3) is 0 Å². The van der Waals surface area contributed by atoms with E-state index in [0.29, 0.717) is 12.8 Å². The number of phosphoric ester groups is 1. The molecule has 3 N–H and O–H groups in total. The molecule has 0 heterocycles.